The topological polar surface area (TPSA) is 123 Å². The van der Waals surface area contributed by atoms with E-state index in [2.05, 4.69) is 17.0 Å². The molecule has 0 aliphatic heterocycles. The molecule has 3 N–H and O–H groups in total. The highest BCUT2D eigenvalue weighted by molar-refractivity contribution is 8.00. The number of esters is 1. The van der Waals surface area contributed by atoms with E-state index in [4.69, 9.17) is 14.2 Å². The minimum Gasteiger partial charge on any atom is -0.494 e. The highest BCUT2D eigenvalue weighted by Gasteiger charge is 2.22. The van der Waals surface area contributed by atoms with E-state index in [1.165, 1.54) is 38.3 Å². The van der Waals surface area contributed by atoms with Crippen molar-refractivity contribution < 1.29 is 33.7 Å². The number of carboxylic acid groups (broad SMARTS) is 1. The number of carbonyl (C=O) groups excluding carboxylic acids is 2. The number of benzene rings is 4. The molecule has 1 unspecified atom stereocenters. The van der Waals surface area contributed by atoms with E-state index in [-0.39, 0.29) is 17.9 Å². The quantitative estimate of drug-likeness (QED) is 0.0408. The fraction of sp³-hybridized carbons (Fsp3) is 0.308. The minimum absolute atomic E-state index is 0.0148. The summed E-state index contributed by atoms with van der Waals surface area (Å²) in [5.41, 5.74) is 2.04. The zero-order chi connectivity index (χ0) is 35.4. The molecule has 0 saturated carbocycles. The third kappa shape index (κ3) is 12.9. The molecule has 0 bridgehead atoms. The SMILES string of the molecule is CC.CCCCCCCOc1ccc(C(=O)Oc2ccc(CC(NC(=O)c3ccc(NSc4ccccc4)cc3)C(=O)O)cc2OC)cc1. The summed E-state index contributed by atoms with van der Waals surface area (Å²) in [4.78, 5) is 38.8. The Bertz CT molecular complexity index is 1600. The fourth-order valence-corrected chi connectivity index (χ4v) is 5.30. The number of aliphatic carboxylic acids is 1. The highest BCUT2D eigenvalue weighted by atomic mass is 32.2. The Morgan fingerprint density at radius 1 is 0.796 bits per heavy atom. The van der Waals surface area contributed by atoms with Gasteiger partial charge in [-0.3, -0.25) is 4.79 Å². The molecule has 49 heavy (non-hydrogen) atoms. The zero-order valence-electron chi connectivity index (χ0n) is 28.6. The lowest BCUT2D eigenvalue weighted by Gasteiger charge is -2.16. The van der Waals surface area contributed by atoms with Gasteiger partial charge in [-0.2, -0.15) is 0 Å². The van der Waals surface area contributed by atoms with Crippen molar-refractivity contribution in [1.29, 1.82) is 0 Å². The van der Waals surface area contributed by atoms with Crippen LogP contribution in [-0.2, 0) is 11.2 Å². The molecule has 260 valence electrons. The Labute approximate surface area is 293 Å². The standard InChI is InChI=1S/C37H40N2O7S.C2H6/c1-3-4-5-6-10-23-45-30-20-16-28(17-21-30)37(43)46-33-22-13-26(25-34(33)44-2)24-32(36(41)42)38-35(40)27-14-18-29(19-15-27)39-47-31-11-8-7-9-12-31;1-2/h7-9,11-22,25,32,39H,3-6,10,23-24H2,1-2H3,(H,38,40)(H,41,42);1-2H3. The second kappa shape index (κ2) is 21.1. The second-order valence-electron chi connectivity index (χ2n) is 10.8. The van der Waals surface area contributed by atoms with Crippen molar-refractivity contribution >= 4 is 35.5 Å². The van der Waals surface area contributed by atoms with Gasteiger partial charge in [-0.05, 0) is 96.7 Å². The summed E-state index contributed by atoms with van der Waals surface area (Å²) < 4.78 is 20.0. The first kappa shape index (κ1) is 38.5. The molecule has 0 aliphatic carbocycles. The van der Waals surface area contributed by atoms with E-state index in [9.17, 15) is 19.5 Å². The fourth-order valence-electron chi connectivity index (χ4n) is 4.64. The molecule has 0 saturated heterocycles. The molecule has 0 radical (unpaired) electrons. The van der Waals surface area contributed by atoms with Gasteiger partial charge in [0.1, 0.15) is 11.8 Å². The Balaban J connectivity index is 0.00000319. The largest absolute Gasteiger partial charge is 0.494 e. The average Bonchev–Trinajstić information content (AvgIpc) is 3.14. The molecule has 1 amide bonds. The number of anilines is 1. The summed E-state index contributed by atoms with van der Waals surface area (Å²) in [7, 11) is 1.43. The van der Waals surface area contributed by atoms with Gasteiger partial charge in [0.25, 0.3) is 5.91 Å². The molecule has 4 rings (SSSR count). The first-order valence-corrected chi connectivity index (χ1v) is 17.4. The van der Waals surface area contributed by atoms with Crippen LogP contribution in [0, 0.1) is 0 Å². The van der Waals surface area contributed by atoms with Crippen molar-refractivity contribution in [2.75, 3.05) is 18.4 Å². The number of ether oxygens (including phenoxy) is 3. The van der Waals surface area contributed by atoms with Gasteiger partial charge in [0, 0.05) is 22.6 Å². The van der Waals surface area contributed by atoms with Crippen LogP contribution in [0.15, 0.2) is 102 Å². The third-order valence-corrected chi connectivity index (χ3v) is 8.10. The number of hydrogen-bond acceptors (Lipinski definition) is 8. The molecule has 4 aromatic carbocycles. The number of methoxy groups -OCH3 is 1. The monoisotopic (exact) mass is 686 g/mol. The lowest BCUT2D eigenvalue weighted by Crippen LogP contribution is -2.42. The van der Waals surface area contributed by atoms with Gasteiger partial charge >= 0.3 is 11.9 Å². The van der Waals surface area contributed by atoms with Gasteiger partial charge in [-0.1, -0.05) is 70.7 Å². The van der Waals surface area contributed by atoms with E-state index in [1.54, 1.807) is 66.7 Å². The van der Waals surface area contributed by atoms with E-state index in [0.717, 1.165) is 23.4 Å². The number of carboxylic acids is 1. The van der Waals surface area contributed by atoms with Crippen LogP contribution in [0.3, 0.4) is 0 Å². The van der Waals surface area contributed by atoms with E-state index >= 15 is 0 Å². The number of unbranched alkanes of at least 4 members (excludes halogenated alkanes) is 4. The molecule has 0 aromatic heterocycles. The maximum atomic E-state index is 12.9. The molecule has 0 spiro atoms. The van der Waals surface area contributed by atoms with E-state index in [1.807, 2.05) is 44.2 Å². The van der Waals surface area contributed by atoms with Crippen LogP contribution in [0.25, 0.3) is 0 Å². The van der Waals surface area contributed by atoms with Gasteiger partial charge < -0.3 is 29.4 Å². The van der Waals surface area contributed by atoms with Crippen molar-refractivity contribution in [3.63, 3.8) is 0 Å². The Morgan fingerprint density at radius 3 is 2.12 bits per heavy atom. The summed E-state index contributed by atoms with van der Waals surface area (Å²) in [6, 6.07) is 26.9. The first-order valence-electron chi connectivity index (χ1n) is 16.6. The maximum absolute atomic E-state index is 12.9. The minimum atomic E-state index is -1.20. The Morgan fingerprint density at radius 2 is 1.47 bits per heavy atom. The van der Waals surface area contributed by atoms with E-state index < -0.39 is 23.9 Å². The van der Waals surface area contributed by atoms with Gasteiger partial charge in [0.05, 0.1) is 19.3 Å². The number of nitrogens with one attached hydrogen (secondary N) is 2. The Hall–Kier alpha value is -4.96. The maximum Gasteiger partial charge on any atom is 0.343 e. The molecule has 0 heterocycles. The molecule has 4 aromatic rings. The smallest absolute Gasteiger partial charge is 0.343 e. The van der Waals surface area contributed by atoms with Crippen LogP contribution >= 0.6 is 11.9 Å². The summed E-state index contributed by atoms with van der Waals surface area (Å²) in [5.74, 6) is -1.15. The van der Waals surface area contributed by atoms with Crippen LogP contribution in [0.5, 0.6) is 17.2 Å². The molecule has 1 atom stereocenters. The van der Waals surface area contributed by atoms with Crippen LogP contribution < -0.4 is 24.2 Å². The highest BCUT2D eigenvalue weighted by Crippen LogP contribution is 2.30. The zero-order valence-corrected chi connectivity index (χ0v) is 29.4. The first-order chi connectivity index (χ1) is 23.9. The molecular weight excluding hydrogens is 641 g/mol. The van der Waals surface area contributed by atoms with Crippen LogP contribution in [0.1, 0.15) is 79.2 Å². The number of amides is 1. The van der Waals surface area contributed by atoms with E-state index in [0.29, 0.717) is 29.0 Å². The molecule has 0 fully saturated rings. The molecule has 10 heteroatoms. The lowest BCUT2D eigenvalue weighted by molar-refractivity contribution is -0.139. The van der Waals surface area contributed by atoms with Crippen molar-refractivity contribution in [2.24, 2.45) is 0 Å². The normalized spacial score (nSPS) is 10.9. The van der Waals surface area contributed by atoms with Crippen LogP contribution in [-0.4, -0.2) is 42.7 Å². The van der Waals surface area contributed by atoms with Crippen molar-refractivity contribution in [2.45, 2.75) is 70.2 Å². The average molecular weight is 687 g/mol. The molecule has 0 aliphatic rings. The molecular formula is C39H46N2O7S. The second-order valence-corrected chi connectivity index (χ2v) is 11.7. The number of rotatable bonds is 18. The summed E-state index contributed by atoms with van der Waals surface area (Å²) in [5, 5.41) is 12.4. The summed E-state index contributed by atoms with van der Waals surface area (Å²) >= 11 is 1.44. The van der Waals surface area contributed by atoms with Crippen molar-refractivity contribution in [3.8, 4) is 17.2 Å². The van der Waals surface area contributed by atoms with Crippen molar-refractivity contribution in [1.82, 2.24) is 5.32 Å². The van der Waals surface area contributed by atoms with Gasteiger partial charge in [0.2, 0.25) is 0 Å². The number of hydrogen-bond donors (Lipinski definition) is 3. The van der Waals surface area contributed by atoms with Gasteiger partial charge in [-0.15, -0.1) is 0 Å². The Kier molecular flexibility index (Phi) is 16.6. The van der Waals surface area contributed by atoms with Crippen molar-refractivity contribution in [3.05, 3.63) is 114 Å². The van der Waals surface area contributed by atoms with Gasteiger partial charge in [0.15, 0.2) is 11.5 Å². The molecule has 9 nitrogen and oxygen atoms in total. The summed E-state index contributed by atoms with van der Waals surface area (Å²) in [6.45, 7) is 6.81. The summed E-state index contributed by atoms with van der Waals surface area (Å²) in [6.07, 6.45) is 5.74. The van der Waals surface area contributed by atoms with Crippen LogP contribution in [0.2, 0.25) is 0 Å². The predicted molar refractivity (Wildman–Crippen MR) is 195 cm³/mol. The predicted octanol–water partition coefficient (Wildman–Crippen LogP) is 8.83. The lowest BCUT2D eigenvalue weighted by atomic mass is 10.0. The van der Waals surface area contributed by atoms with Gasteiger partial charge in [-0.25, -0.2) is 9.59 Å². The third-order valence-electron chi connectivity index (χ3n) is 7.26. The number of carbonyl (C=O) groups is 3. The van der Waals surface area contributed by atoms with Crippen LogP contribution in [0.4, 0.5) is 5.69 Å².